The Balaban J connectivity index is 1.71. The molecule has 1 N–H and O–H groups in total. The molecular weight excluding hydrogens is 216 g/mol. The molecule has 2 unspecified atom stereocenters. The largest absolute Gasteiger partial charge is 0.371 e. The van der Waals surface area contributed by atoms with Crippen LogP contribution in [0.3, 0.4) is 0 Å². The Bertz CT molecular complexity index is 369. The van der Waals surface area contributed by atoms with Gasteiger partial charge in [0.25, 0.3) is 0 Å². The zero-order chi connectivity index (χ0) is 11.7. The molecule has 17 heavy (non-hydrogen) atoms. The summed E-state index contributed by atoms with van der Waals surface area (Å²) in [6.07, 6.45) is 6.92. The fourth-order valence-electron chi connectivity index (χ4n) is 2.58. The maximum Gasteiger partial charge on any atom is 0.225 e. The van der Waals surface area contributed by atoms with Crippen molar-refractivity contribution in [2.75, 3.05) is 25.0 Å². The zero-order valence-corrected chi connectivity index (χ0v) is 10.1. The molecule has 3 rings (SSSR count). The number of hydrogen-bond acceptors (Lipinski definition) is 5. The fraction of sp³-hybridized carbons (Fsp3) is 0.667. The van der Waals surface area contributed by atoms with Crippen molar-refractivity contribution in [1.29, 1.82) is 0 Å². The van der Waals surface area contributed by atoms with Crippen LogP contribution >= 0.6 is 0 Å². The Hall–Kier alpha value is -1.20. The highest BCUT2D eigenvalue weighted by Gasteiger charge is 2.34. The molecule has 5 heteroatoms. The molecule has 2 fully saturated rings. The summed E-state index contributed by atoms with van der Waals surface area (Å²) in [6, 6.07) is 0. The first-order valence-corrected chi connectivity index (χ1v) is 6.21. The molecule has 0 aliphatic carbocycles. The van der Waals surface area contributed by atoms with Crippen LogP contribution in [0, 0.1) is 0 Å². The van der Waals surface area contributed by atoms with Gasteiger partial charge >= 0.3 is 0 Å². The summed E-state index contributed by atoms with van der Waals surface area (Å²) < 4.78 is 5.80. The molecule has 1 aromatic rings. The first-order chi connectivity index (χ1) is 8.35. The van der Waals surface area contributed by atoms with E-state index in [0.717, 1.165) is 31.1 Å². The minimum atomic E-state index is 0.384. The minimum absolute atomic E-state index is 0.384. The fourth-order valence-corrected chi connectivity index (χ4v) is 2.58. The normalized spacial score (nSPS) is 27.5. The van der Waals surface area contributed by atoms with Gasteiger partial charge in [0.1, 0.15) is 0 Å². The van der Waals surface area contributed by atoms with Crippen LogP contribution in [-0.4, -0.2) is 42.3 Å². The van der Waals surface area contributed by atoms with Crippen LogP contribution < -0.4 is 10.2 Å². The second-order valence-corrected chi connectivity index (χ2v) is 4.78. The van der Waals surface area contributed by atoms with E-state index >= 15 is 0 Å². The lowest BCUT2D eigenvalue weighted by molar-refractivity contribution is 0.0299. The van der Waals surface area contributed by atoms with Gasteiger partial charge in [-0.15, -0.1) is 0 Å². The van der Waals surface area contributed by atoms with Gasteiger partial charge in [0, 0.05) is 37.6 Å². The molecule has 1 aromatic heterocycles. The third-order valence-corrected chi connectivity index (χ3v) is 3.40. The predicted octanol–water partition coefficient (Wildman–Crippen LogP) is 0.564. The lowest BCUT2D eigenvalue weighted by Crippen LogP contribution is -2.43. The Labute approximate surface area is 101 Å². The number of morpholine rings is 1. The van der Waals surface area contributed by atoms with Crippen molar-refractivity contribution in [3.8, 4) is 0 Å². The highest BCUT2D eigenvalue weighted by atomic mass is 16.5. The van der Waals surface area contributed by atoms with E-state index in [1.807, 2.05) is 19.4 Å². The summed E-state index contributed by atoms with van der Waals surface area (Å²) in [4.78, 5) is 11.1. The average molecular weight is 234 g/mol. The topological polar surface area (TPSA) is 50.3 Å². The highest BCUT2D eigenvalue weighted by Crippen LogP contribution is 2.27. The van der Waals surface area contributed by atoms with Crippen molar-refractivity contribution in [3.63, 3.8) is 0 Å². The Kier molecular flexibility index (Phi) is 2.94. The maximum atomic E-state index is 5.80. The second kappa shape index (κ2) is 4.58. The number of nitrogens with one attached hydrogen (secondary N) is 1. The van der Waals surface area contributed by atoms with E-state index in [2.05, 4.69) is 20.2 Å². The summed E-state index contributed by atoms with van der Waals surface area (Å²) in [5, 5.41) is 3.09. The SMILES string of the molecule is CNCc1cnc(N2CC3CCC(C2)O3)nc1. The van der Waals surface area contributed by atoms with Crippen LogP contribution in [0.25, 0.3) is 0 Å². The van der Waals surface area contributed by atoms with E-state index < -0.39 is 0 Å². The standard InChI is InChI=1S/C12H18N4O/c1-13-4-9-5-14-12(15-6-9)16-7-10-2-3-11(8-16)17-10/h5-6,10-11,13H,2-4,7-8H2,1H3. The first kappa shape index (κ1) is 10.9. The van der Waals surface area contributed by atoms with Gasteiger partial charge in [-0.2, -0.15) is 0 Å². The van der Waals surface area contributed by atoms with Crippen LogP contribution in [0.4, 0.5) is 5.95 Å². The van der Waals surface area contributed by atoms with Gasteiger partial charge in [-0.05, 0) is 19.9 Å². The number of ether oxygens (including phenoxy) is 1. The zero-order valence-electron chi connectivity index (χ0n) is 10.1. The molecule has 5 nitrogen and oxygen atoms in total. The Morgan fingerprint density at radius 2 is 1.94 bits per heavy atom. The molecule has 0 saturated carbocycles. The van der Waals surface area contributed by atoms with Gasteiger partial charge < -0.3 is 15.0 Å². The predicted molar refractivity (Wildman–Crippen MR) is 64.9 cm³/mol. The van der Waals surface area contributed by atoms with Gasteiger partial charge in [0.15, 0.2) is 0 Å². The number of rotatable bonds is 3. The monoisotopic (exact) mass is 234 g/mol. The third-order valence-electron chi connectivity index (χ3n) is 3.40. The van der Waals surface area contributed by atoms with Crippen molar-refractivity contribution in [1.82, 2.24) is 15.3 Å². The summed E-state index contributed by atoms with van der Waals surface area (Å²) in [7, 11) is 1.92. The van der Waals surface area contributed by atoms with Gasteiger partial charge in [0.2, 0.25) is 5.95 Å². The summed E-state index contributed by atoms with van der Waals surface area (Å²) in [5.41, 5.74) is 1.12. The van der Waals surface area contributed by atoms with E-state index in [9.17, 15) is 0 Å². The molecule has 3 heterocycles. The molecule has 2 saturated heterocycles. The molecule has 2 bridgehead atoms. The average Bonchev–Trinajstić information content (AvgIpc) is 2.70. The first-order valence-electron chi connectivity index (χ1n) is 6.21. The van der Waals surface area contributed by atoms with Crippen LogP contribution in [0.1, 0.15) is 18.4 Å². The van der Waals surface area contributed by atoms with E-state index in [0.29, 0.717) is 12.2 Å². The summed E-state index contributed by atoms with van der Waals surface area (Å²) in [6.45, 7) is 2.68. The van der Waals surface area contributed by atoms with Gasteiger partial charge in [-0.25, -0.2) is 9.97 Å². The molecule has 0 aromatic carbocycles. The number of anilines is 1. The quantitative estimate of drug-likeness (QED) is 0.828. The smallest absolute Gasteiger partial charge is 0.225 e. The number of fused-ring (bicyclic) bond motifs is 2. The van der Waals surface area contributed by atoms with Crippen molar-refractivity contribution in [2.45, 2.75) is 31.6 Å². The highest BCUT2D eigenvalue weighted by molar-refractivity contribution is 5.32. The summed E-state index contributed by atoms with van der Waals surface area (Å²) in [5.74, 6) is 0.838. The Morgan fingerprint density at radius 3 is 2.53 bits per heavy atom. The van der Waals surface area contributed by atoms with Crippen LogP contribution in [0.5, 0.6) is 0 Å². The molecule has 92 valence electrons. The van der Waals surface area contributed by atoms with Crippen LogP contribution in [0.15, 0.2) is 12.4 Å². The van der Waals surface area contributed by atoms with E-state index in [1.54, 1.807) is 0 Å². The van der Waals surface area contributed by atoms with Crippen molar-refractivity contribution in [2.24, 2.45) is 0 Å². The molecule has 0 amide bonds. The van der Waals surface area contributed by atoms with Crippen molar-refractivity contribution >= 4 is 5.95 Å². The number of nitrogens with zero attached hydrogens (tertiary/aromatic N) is 3. The lowest BCUT2D eigenvalue weighted by Gasteiger charge is -2.32. The van der Waals surface area contributed by atoms with E-state index in [4.69, 9.17) is 4.74 Å². The number of hydrogen-bond donors (Lipinski definition) is 1. The minimum Gasteiger partial charge on any atom is -0.371 e. The number of aromatic nitrogens is 2. The molecule has 2 atom stereocenters. The Morgan fingerprint density at radius 1 is 1.29 bits per heavy atom. The lowest BCUT2D eigenvalue weighted by atomic mass is 10.2. The maximum absolute atomic E-state index is 5.80. The van der Waals surface area contributed by atoms with E-state index in [1.165, 1.54) is 12.8 Å². The third kappa shape index (κ3) is 2.25. The van der Waals surface area contributed by atoms with Gasteiger partial charge in [0.05, 0.1) is 12.2 Å². The molecule has 0 radical (unpaired) electrons. The molecule has 2 aliphatic rings. The molecule has 0 spiro atoms. The summed E-state index contributed by atoms with van der Waals surface area (Å²) >= 11 is 0. The van der Waals surface area contributed by atoms with Crippen LogP contribution in [0.2, 0.25) is 0 Å². The van der Waals surface area contributed by atoms with Gasteiger partial charge in [-0.3, -0.25) is 0 Å². The molecule has 2 aliphatic heterocycles. The van der Waals surface area contributed by atoms with Crippen LogP contribution in [-0.2, 0) is 11.3 Å². The molecular formula is C12H18N4O. The van der Waals surface area contributed by atoms with E-state index in [-0.39, 0.29) is 0 Å². The van der Waals surface area contributed by atoms with Gasteiger partial charge in [-0.1, -0.05) is 0 Å². The van der Waals surface area contributed by atoms with Crippen molar-refractivity contribution in [3.05, 3.63) is 18.0 Å². The second-order valence-electron chi connectivity index (χ2n) is 4.78. The van der Waals surface area contributed by atoms with Crippen molar-refractivity contribution < 1.29 is 4.74 Å².